The first-order valence-corrected chi connectivity index (χ1v) is 4.91. The minimum Gasteiger partial charge on any atom is -0.469 e. The molecule has 0 aliphatic carbocycles. The highest BCUT2D eigenvalue weighted by molar-refractivity contribution is 5.72. The lowest BCUT2D eigenvalue weighted by Crippen LogP contribution is -2.11. The summed E-state index contributed by atoms with van der Waals surface area (Å²) in [7, 11) is 1.20. The summed E-state index contributed by atoms with van der Waals surface area (Å²) in [6.07, 6.45) is -2.28. The van der Waals surface area contributed by atoms with Gasteiger partial charge < -0.3 is 10.5 Å². The van der Waals surface area contributed by atoms with Crippen LogP contribution in [0, 0.1) is 0 Å². The van der Waals surface area contributed by atoms with Crippen LogP contribution in [-0.4, -0.2) is 18.1 Å². The van der Waals surface area contributed by atoms with Crippen molar-refractivity contribution in [1.82, 2.24) is 4.98 Å². The van der Waals surface area contributed by atoms with Gasteiger partial charge in [0.05, 0.1) is 13.5 Å². The van der Waals surface area contributed by atoms with Crippen molar-refractivity contribution in [3.63, 3.8) is 0 Å². The van der Waals surface area contributed by atoms with E-state index in [4.69, 9.17) is 5.73 Å². The Hall–Kier alpha value is -2.05. The number of methoxy groups -OCH3 is 1. The standard InChI is InChI=1S/C11H11F3N2O2/c1-18-9(17)4-2-3-7-5-6-8(15)16-10(7)11(12,13)14/h2-3,5-6H,4H2,1H3,(H2,15,16). The Morgan fingerprint density at radius 1 is 1.50 bits per heavy atom. The molecule has 0 atom stereocenters. The molecule has 0 fully saturated rings. The summed E-state index contributed by atoms with van der Waals surface area (Å²) in [5, 5.41) is 0. The molecule has 0 amide bonds. The van der Waals surface area contributed by atoms with Gasteiger partial charge in [-0.2, -0.15) is 13.2 Å². The van der Waals surface area contributed by atoms with Crippen LogP contribution in [0.5, 0.6) is 0 Å². The van der Waals surface area contributed by atoms with Gasteiger partial charge in [0, 0.05) is 5.56 Å². The Morgan fingerprint density at radius 2 is 2.17 bits per heavy atom. The van der Waals surface area contributed by atoms with Crippen molar-refractivity contribution in [3.05, 3.63) is 29.5 Å². The highest BCUT2D eigenvalue weighted by Gasteiger charge is 2.34. The molecule has 0 saturated heterocycles. The third-order valence-corrected chi connectivity index (χ3v) is 2.03. The first kappa shape index (κ1) is 14.0. The van der Waals surface area contributed by atoms with Crippen LogP contribution in [0.3, 0.4) is 0 Å². The summed E-state index contributed by atoms with van der Waals surface area (Å²) in [5.74, 6) is -0.754. The van der Waals surface area contributed by atoms with Crippen LogP contribution in [0.4, 0.5) is 19.0 Å². The largest absolute Gasteiger partial charge is 0.469 e. The molecule has 4 nitrogen and oxygen atoms in total. The molecule has 0 unspecified atom stereocenters. The minimum atomic E-state index is -4.60. The van der Waals surface area contributed by atoms with Gasteiger partial charge in [-0.3, -0.25) is 4.79 Å². The molecular weight excluding hydrogens is 249 g/mol. The summed E-state index contributed by atoms with van der Waals surface area (Å²) in [4.78, 5) is 14.1. The number of anilines is 1. The molecule has 1 aromatic rings. The number of alkyl halides is 3. The van der Waals surface area contributed by atoms with Crippen molar-refractivity contribution in [1.29, 1.82) is 0 Å². The number of esters is 1. The minimum absolute atomic E-state index is 0.113. The Bertz CT molecular complexity index is 470. The smallest absolute Gasteiger partial charge is 0.434 e. The van der Waals surface area contributed by atoms with Gasteiger partial charge in [0.1, 0.15) is 5.82 Å². The van der Waals surface area contributed by atoms with Gasteiger partial charge in [-0.05, 0) is 12.1 Å². The third kappa shape index (κ3) is 3.76. The van der Waals surface area contributed by atoms with Crippen LogP contribution in [-0.2, 0) is 15.7 Å². The van der Waals surface area contributed by atoms with Crippen LogP contribution in [0.15, 0.2) is 18.2 Å². The zero-order valence-corrected chi connectivity index (χ0v) is 9.49. The van der Waals surface area contributed by atoms with E-state index in [0.717, 1.165) is 6.08 Å². The Labute approximate surface area is 101 Å². The third-order valence-electron chi connectivity index (χ3n) is 2.03. The Morgan fingerprint density at radius 3 is 2.72 bits per heavy atom. The predicted molar refractivity (Wildman–Crippen MR) is 59.3 cm³/mol. The van der Waals surface area contributed by atoms with E-state index in [-0.39, 0.29) is 17.8 Å². The van der Waals surface area contributed by atoms with Crippen molar-refractivity contribution in [2.75, 3.05) is 12.8 Å². The van der Waals surface area contributed by atoms with Gasteiger partial charge in [0.15, 0.2) is 5.69 Å². The normalized spacial score (nSPS) is 11.8. The van der Waals surface area contributed by atoms with E-state index >= 15 is 0 Å². The number of nitrogens with two attached hydrogens (primary N) is 1. The zero-order valence-electron chi connectivity index (χ0n) is 9.49. The second-order valence-electron chi connectivity index (χ2n) is 3.35. The molecule has 1 aromatic heterocycles. The summed E-state index contributed by atoms with van der Waals surface area (Å²) in [5.41, 5.74) is 3.98. The van der Waals surface area contributed by atoms with E-state index in [0.29, 0.717) is 0 Å². The first-order valence-electron chi connectivity index (χ1n) is 4.91. The van der Waals surface area contributed by atoms with Crippen LogP contribution < -0.4 is 5.73 Å². The molecule has 1 rings (SSSR count). The predicted octanol–water partition coefficient (Wildman–Crippen LogP) is 2.26. The zero-order chi connectivity index (χ0) is 13.8. The summed E-state index contributed by atoms with van der Waals surface area (Å²) in [6.45, 7) is 0. The van der Waals surface area contributed by atoms with E-state index in [1.165, 1.54) is 25.3 Å². The van der Waals surface area contributed by atoms with Crippen LogP contribution in [0.25, 0.3) is 6.08 Å². The molecular formula is C11H11F3N2O2. The number of nitrogen functional groups attached to an aromatic ring is 1. The maximum atomic E-state index is 12.6. The SMILES string of the molecule is COC(=O)CC=Cc1ccc(N)nc1C(F)(F)F. The first-order chi connectivity index (χ1) is 8.34. The number of carbonyl (C=O) groups excluding carboxylic acids is 1. The molecule has 0 radical (unpaired) electrons. The molecule has 7 heteroatoms. The number of hydrogen-bond acceptors (Lipinski definition) is 4. The molecule has 0 aromatic carbocycles. The fourth-order valence-corrected chi connectivity index (χ4v) is 1.21. The maximum Gasteiger partial charge on any atom is 0.434 e. The average molecular weight is 260 g/mol. The molecule has 0 spiro atoms. The number of halogens is 3. The van der Waals surface area contributed by atoms with E-state index in [2.05, 4.69) is 9.72 Å². The van der Waals surface area contributed by atoms with Crippen LogP contribution in [0.2, 0.25) is 0 Å². The van der Waals surface area contributed by atoms with Gasteiger partial charge >= 0.3 is 12.1 Å². The number of ether oxygens (including phenoxy) is 1. The van der Waals surface area contributed by atoms with Crippen molar-refractivity contribution in [2.45, 2.75) is 12.6 Å². The van der Waals surface area contributed by atoms with Gasteiger partial charge in [0.25, 0.3) is 0 Å². The number of aromatic nitrogens is 1. The van der Waals surface area contributed by atoms with Gasteiger partial charge in [-0.25, -0.2) is 4.98 Å². The molecule has 0 saturated carbocycles. The van der Waals surface area contributed by atoms with Gasteiger partial charge in [-0.15, -0.1) is 0 Å². The van der Waals surface area contributed by atoms with E-state index < -0.39 is 17.8 Å². The van der Waals surface area contributed by atoms with Crippen molar-refractivity contribution >= 4 is 17.9 Å². The van der Waals surface area contributed by atoms with Gasteiger partial charge in [0.2, 0.25) is 0 Å². The fourth-order valence-electron chi connectivity index (χ4n) is 1.21. The number of nitrogens with zero attached hydrogens (tertiary/aromatic N) is 1. The van der Waals surface area contributed by atoms with Crippen LogP contribution in [0.1, 0.15) is 17.7 Å². The molecule has 1 heterocycles. The highest BCUT2D eigenvalue weighted by atomic mass is 19.4. The number of pyridine rings is 1. The monoisotopic (exact) mass is 260 g/mol. The van der Waals surface area contributed by atoms with Crippen molar-refractivity contribution in [2.24, 2.45) is 0 Å². The summed E-state index contributed by atoms with van der Waals surface area (Å²) in [6, 6.07) is 2.45. The Balaban J connectivity index is 2.99. The molecule has 0 aliphatic heterocycles. The van der Waals surface area contributed by atoms with Crippen molar-refractivity contribution in [3.8, 4) is 0 Å². The highest BCUT2D eigenvalue weighted by Crippen LogP contribution is 2.31. The molecule has 0 aliphatic rings. The average Bonchev–Trinajstić information content (AvgIpc) is 2.29. The van der Waals surface area contributed by atoms with Crippen LogP contribution >= 0.6 is 0 Å². The lowest BCUT2D eigenvalue weighted by atomic mass is 10.1. The second kappa shape index (κ2) is 5.52. The van der Waals surface area contributed by atoms with Crippen molar-refractivity contribution < 1.29 is 22.7 Å². The fraction of sp³-hybridized carbons (Fsp3) is 0.273. The number of carbonyl (C=O) groups is 1. The maximum absolute atomic E-state index is 12.6. The number of rotatable bonds is 3. The Kier molecular flexibility index (Phi) is 4.30. The molecule has 2 N–H and O–H groups in total. The van der Waals surface area contributed by atoms with E-state index in [1.807, 2.05) is 0 Å². The lowest BCUT2D eigenvalue weighted by molar-refractivity contribution is -0.141. The lowest BCUT2D eigenvalue weighted by Gasteiger charge is -2.09. The quantitative estimate of drug-likeness (QED) is 0.846. The summed E-state index contributed by atoms with van der Waals surface area (Å²) < 4.78 is 42.3. The molecule has 18 heavy (non-hydrogen) atoms. The number of hydrogen-bond donors (Lipinski definition) is 1. The second-order valence-corrected chi connectivity index (χ2v) is 3.35. The summed E-state index contributed by atoms with van der Waals surface area (Å²) >= 11 is 0. The topological polar surface area (TPSA) is 65.2 Å². The molecule has 98 valence electrons. The van der Waals surface area contributed by atoms with E-state index in [1.54, 1.807) is 0 Å². The van der Waals surface area contributed by atoms with E-state index in [9.17, 15) is 18.0 Å². The molecule has 0 bridgehead atoms. The van der Waals surface area contributed by atoms with Gasteiger partial charge in [-0.1, -0.05) is 12.2 Å².